The number of nitrogens with zero attached hydrogens (tertiary/aromatic N) is 2. The van der Waals surface area contributed by atoms with Crippen molar-refractivity contribution in [2.45, 2.75) is 137 Å². The minimum Gasteiger partial charge on any atom is -0.660 e. The van der Waals surface area contributed by atoms with Gasteiger partial charge in [0.05, 0.1) is 18.6 Å². The molecule has 1 heterocycles. The van der Waals surface area contributed by atoms with Crippen LogP contribution >= 0.6 is 11.8 Å². The second-order valence-electron chi connectivity index (χ2n) is 11.0. The normalized spacial score (nSPS) is 19.6. The first-order valence-electron chi connectivity index (χ1n) is 12.4. The van der Waals surface area contributed by atoms with Crippen molar-refractivity contribution in [3.05, 3.63) is 5.32 Å². The van der Waals surface area contributed by atoms with Crippen molar-refractivity contribution in [1.82, 2.24) is 0 Å². The second kappa shape index (κ2) is 19.6. The topological polar surface area (TPSA) is 143 Å². The number of carboxylic acid groups (broad SMARTS) is 1. The Bertz CT molecular complexity index is 608. The van der Waals surface area contributed by atoms with E-state index >= 15 is 0 Å². The summed E-state index contributed by atoms with van der Waals surface area (Å²) in [6.45, 7) is 25.2. The Labute approximate surface area is 223 Å². The Hall–Kier alpha value is -1.52. The molecule has 1 aliphatic heterocycles. The van der Waals surface area contributed by atoms with Crippen molar-refractivity contribution >= 4 is 30.3 Å². The fourth-order valence-corrected chi connectivity index (χ4v) is 2.60. The van der Waals surface area contributed by atoms with Crippen LogP contribution < -0.4 is 5.11 Å². The lowest BCUT2D eigenvalue weighted by Gasteiger charge is -2.30. The number of carboxylic acids is 1. The first-order chi connectivity index (χ1) is 16.1. The number of ether oxygens (including phenoxy) is 2. The summed E-state index contributed by atoms with van der Waals surface area (Å²) in [6.07, 6.45) is -0.977. The standard InChI is InChI=1S/C9H19NO3.C8H16O2S.C5H10O2.C4H8N/c1-6(7(2)11)10-8(12)13-9(3,4)5;1-6(2)7(3)11-5-4-8(9)10;1-5(2,3)7-4-6;1-3-4(2)5-3/h6-7,11H,1-5H3,(H,10,12);6-7H,4-5H2,1-3H3,(H,9,10);4H,1-3H3;3-4H,1-2H3/q;;;-1/p-1. The minimum absolute atomic E-state index is 0.279. The molecule has 5 unspecified atom stereocenters. The highest BCUT2D eigenvalue weighted by atomic mass is 32.2. The number of rotatable bonds is 8. The smallest absolute Gasteiger partial charge is 0.304 e. The van der Waals surface area contributed by atoms with E-state index in [0.29, 0.717) is 29.7 Å². The number of hydrogen-bond acceptors (Lipinski definition) is 8. The van der Waals surface area contributed by atoms with Gasteiger partial charge in [-0.3, -0.25) is 14.6 Å². The third-order valence-electron chi connectivity index (χ3n) is 4.52. The number of aliphatic hydroxyl groups excluding tert-OH is 1. The fourth-order valence-electron chi connectivity index (χ4n) is 1.55. The Balaban J connectivity index is -0.000000426. The Morgan fingerprint density at radius 1 is 1.06 bits per heavy atom. The highest BCUT2D eigenvalue weighted by Crippen LogP contribution is 2.27. The van der Waals surface area contributed by atoms with Gasteiger partial charge in [-0.1, -0.05) is 55.4 Å². The molecular formula is C26H52N2O7S-2. The van der Waals surface area contributed by atoms with Crippen LogP contribution in [0.25, 0.3) is 5.32 Å². The molecule has 1 saturated heterocycles. The average molecular weight is 537 g/mol. The number of aliphatic hydroxyl groups is 1. The summed E-state index contributed by atoms with van der Waals surface area (Å²) in [4.78, 5) is 23.4. The number of hydrogen-bond donors (Lipinski definition) is 2. The van der Waals surface area contributed by atoms with Crippen LogP contribution in [0.3, 0.4) is 0 Å². The monoisotopic (exact) mass is 536 g/mol. The molecule has 2 N–H and O–H groups in total. The molecule has 9 nitrogen and oxygen atoms in total. The van der Waals surface area contributed by atoms with Crippen molar-refractivity contribution in [2.75, 3.05) is 5.75 Å². The summed E-state index contributed by atoms with van der Waals surface area (Å²) in [6, 6.07) is 0.930. The van der Waals surface area contributed by atoms with Gasteiger partial charge in [-0.25, -0.2) is 0 Å². The zero-order valence-electron chi connectivity index (χ0n) is 24.7. The maximum absolute atomic E-state index is 11.1. The van der Waals surface area contributed by atoms with Gasteiger partial charge in [-0.15, -0.1) is 0 Å². The van der Waals surface area contributed by atoms with Gasteiger partial charge in [0.25, 0.3) is 6.47 Å². The van der Waals surface area contributed by atoms with Crippen LogP contribution in [0.4, 0.5) is 0 Å². The predicted octanol–water partition coefficient (Wildman–Crippen LogP) is 4.63. The maximum Gasteiger partial charge on any atom is 0.304 e. The molecule has 216 valence electrons. The van der Waals surface area contributed by atoms with Gasteiger partial charge in [0, 0.05) is 16.6 Å². The van der Waals surface area contributed by atoms with Gasteiger partial charge < -0.3 is 30.1 Å². The lowest BCUT2D eigenvalue weighted by molar-refractivity contribution is -0.261. The van der Waals surface area contributed by atoms with Gasteiger partial charge >= 0.3 is 5.97 Å². The van der Waals surface area contributed by atoms with E-state index in [1.54, 1.807) is 46.4 Å². The summed E-state index contributed by atoms with van der Waals surface area (Å²) < 4.78 is 9.49. The molecule has 0 spiro atoms. The van der Waals surface area contributed by atoms with E-state index in [0.717, 1.165) is 5.75 Å². The number of thioether (sulfide) groups is 1. The van der Waals surface area contributed by atoms with Crippen LogP contribution in [0.1, 0.15) is 96.4 Å². The fraction of sp³-hybridized carbons (Fsp3) is 0.885. The third kappa shape index (κ3) is 32.5. The third-order valence-corrected chi connectivity index (χ3v) is 6.03. The van der Waals surface area contributed by atoms with Crippen LogP contribution in [-0.2, 0) is 19.1 Å². The van der Waals surface area contributed by atoms with Crippen LogP contribution in [0.5, 0.6) is 0 Å². The zero-order valence-corrected chi connectivity index (χ0v) is 25.5. The van der Waals surface area contributed by atoms with Crippen molar-refractivity contribution in [1.29, 1.82) is 0 Å². The minimum atomic E-state index is -0.701. The largest absolute Gasteiger partial charge is 0.660 e. The SMILES string of the molecule is CC(C)(C)OC=O.CC(C)C(C)SCCC(=O)O.CC(O)C(C)N=C([O-])OC(C)(C)C.CC1[N-]C1C. The van der Waals surface area contributed by atoms with E-state index in [9.17, 15) is 14.7 Å². The number of aliphatic carboxylic acids is 1. The van der Waals surface area contributed by atoms with Crippen molar-refractivity contribution in [2.24, 2.45) is 10.9 Å². The molecule has 5 atom stereocenters. The van der Waals surface area contributed by atoms with Gasteiger partial charge in [-0.2, -0.15) is 23.8 Å². The average Bonchev–Trinajstić information content (AvgIpc) is 3.31. The number of carbonyl (C=O) groups excluding carboxylic acids is 1. The summed E-state index contributed by atoms with van der Waals surface area (Å²) in [5.41, 5.74) is -0.846. The highest BCUT2D eigenvalue weighted by molar-refractivity contribution is 7.99. The van der Waals surface area contributed by atoms with Crippen LogP contribution in [0.15, 0.2) is 4.99 Å². The quantitative estimate of drug-likeness (QED) is 0.198. The zero-order chi connectivity index (χ0) is 29.3. The van der Waals surface area contributed by atoms with Crippen LogP contribution in [0, 0.1) is 5.92 Å². The molecular weight excluding hydrogens is 484 g/mol. The Kier molecular flexibility index (Phi) is 21.2. The first kappa shape index (κ1) is 39.0. The van der Waals surface area contributed by atoms with E-state index in [1.165, 1.54) is 0 Å². The summed E-state index contributed by atoms with van der Waals surface area (Å²) >= 11 is 1.73. The molecule has 0 saturated carbocycles. The van der Waals surface area contributed by atoms with Crippen molar-refractivity contribution < 1.29 is 34.4 Å². The Morgan fingerprint density at radius 3 is 1.72 bits per heavy atom. The molecule has 0 aromatic heterocycles. The van der Waals surface area contributed by atoms with E-state index in [-0.39, 0.29) is 12.0 Å². The molecule has 0 aromatic rings. The number of aliphatic imine (C=N–C) groups is 1. The van der Waals surface area contributed by atoms with Crippen LogP contribution in [0.2, 0.25) is 0 Å². The van der Waals surface area contributed by atoms with E-state index < -0.39 is 29.8 Å². The predicted molar refractivity (Wildman–Crippen MR) is 148 cm³/mol. The van der Waals surface area contributed by atoms with Gasteiger partial charge in [0.2, 0.25) is 0 Å². The molecule has 0 aliphatic carbocycles. The molecule has 0 bridgehead atoms. The molecule has 0 amide bonds. The van der Waals surface area contributed by atoms with E-state index in [1.807, 2.05) is 20.8 Å². The summed E-state index contributed by atoms with van der Waals surface area (Å²) in [5, 5.41) is 33.1. The van der Waals surface area contributed by atoms with E-state index in [2.05, 4.69) is 49.7 Å². The lowest BCUT2D eigenvalue weighted by atomic mass is 10.2. The summed E-state index contributed by atoms with van der Waals surface area (Å²) in [5.74, 6) is 0.663. The summed E-state index contributed by atoms with van der Waals surface area (Å²) in [7, 11) is 0. The van der Waals surface area contributed by atoms with Crippen molar-refractivity contribution in [3.63, 3.8) is 0 Å². The maximum atomic E-state index is 11.1. The number of carbonyl (C=O) groups is 2. The van der Waals surface area contributed by atoms with Gasteiger partial charge in [-0.05, 0) is 40.5 Å². The van der Waals surface area contributed by atoms with E-state index in [4.69, 9.17) is 14.9 Å². The highest BCUT2D eigenvalue weighted by Gasteiger charge is 2.10. The molecule has 1 fully saturated rings. The molecule has 36 heavy (non-hydrogen) atoms. The second-order valence-corrected chi connectivity index (χ2v) is 12.5. The molecule has 0 radical (unpaired) electrons. The molecule has 10 heteroatoms. The van der Waals surface area contributed by atoms with Crippen molar-refractivity contribution in [3.8, 4) is 0 Å². The molecule has 0 aromatic carbocycles. The van der Waals surface area contributed by atoms with Crippen LogP contribution in [-0.4, -0.2) is 75.2 Å². The first-order valence-corrected chi connectivity index (χ1v) is 13.4. The molecule has 1 rings (SSSR count). The lowest BCUT2D eigenvalue weighted by Crippen LogP contribution is -2.34. The van der Waals surface area contributed by atoms with Gasteiger partial charge in [0.1, 0.15) is 11.7 Å². The molecule has 1 aliphatic rings. The van der Waals surface area contributed by atoms with Gasteiger partial charge in [0.15, 0.2) is 0 Å². The Morgan fingerprint density at radius 2 is 1.50 bits per heavy atom.